The Bertz CT molecular complexity index is 420. The molecule has 0 amide bonds. The highest BCUT2D eigenvalue weighted by atomic mass is 35.5. The molecular formula is C11H12Cl2N2. The number of halogens is 2. The van der Waals surface area contributed by atoms with Crippen molar-refractivity contribution in [3.63, 3.8) is 0 Å². The third-order valence-electron chi connectivity index (χ3n) is 2.09. The summed E-state index contributed by atoms with van der Waals surface area (Å²) in [6.45, 7) is 2.07. The number of hydrogen-bond donors (Lipinski definition) is 1. The molecule has 0 spiro atoms. The average Bonchev–Trinajstić information content (AvgIpc) is 2.67. The van der Waals surface area contributed by atoms with E-state index in [0.29, 0.717) is 5.88 Å². The van der Waals surface area contributed by atoms with Gasteiger partial charge in [-0.05, 0) is 6.92 Å². The van der Waals surface area contributed by atoms with Gasteiger partial charge in [0.2, 0.25) is 0 Å². The molecule has 2 nitrogen and oxygen atoms in total. The second kappa shape index (κ2) is 5.19. The van der Waals surface area contributed by atoms with Crippen LogP contribution in [0.4, 0.5) is 0 Å². The summed E-state index contributed by atoms with van der Waals surface area (Å²) >= 11 is 5.67. The molecule has 0 bridgehead atoms. The molecule has 2 aromatic rings. The SMILES string of the molecule is Cc1ccc(-c2nc(CCl)c[nH]2)cc1.Cl. The maximum Gasteiger partial charge on any atom is 0.137 e. The summed E-state index contributed by atoms with van der Waals surface area (Å²) in [5.41, 5.74) is 3.21. The lowest BCUT2D eigenvalue weighted by atomic mass is 10.1. The maximum atomic E-state index is 5.67. The van der Waals surface area contributed by atoms with E-state index in [9.17, 15) is 0 Å². The lowest BCUT2D eigenvalue weighted by molar-refractivity contribution is 1.22. The van der Waals surface area contributed by atoms with Crippen molar-refractivity contribution in [2.24, 2.45) is 0 Å². The topological polar surface area (TPSA) is 28.7 Å². The van der Waals surface area contributed by atoms with Gasteiger partial charge in [-0.1, -0.05) is 29.8 Å². The first kappa shape index (κ1) is 12.1. The number of aromatic amines is 1. The zero-order chi connectivity index (χ0) is 9.97. The molecular weight excluding hydrogens is 231 g/mol. The third kappa shape index (κ3) is 2.74. The second-order valence-corrected chi connectivity index (χ2v) is 3.51. The van der Waals surface area contributed by atoms with Gasteiger partial charge >= 0.3 is 0 Å². The molecule has 80 valence electrons. The van der Waals surface area contributed by atoms with Gasteiger partial charge in [0.05, 0.1) is 11.6 Å². The molecule has 0 saturated heterocycles. The van der Waals surface area contributed by atoms with E-state index in [1.165, 1.54) is 5.56 Å². The predicted octanol–water partition coefficient (Wildman–Crippen LogP) is 3.55. The summed E-state index contributed by atoms with van der Waals surface area (Å²) in [5.74, 6) is 1.32. The van der Waals surface area contributed by atoms with E-state index in [1.807, 2.05) is 18.3 Å². The number of benzene rings is 1. The molecule has 0 unspecified atom stereocenters. The summed E-state index contributed by atoms with van der Waals surface area (Å²) in [5, 5.41) is 0. The standard InChI is InChI=1S/C11H11ClN2.ClH/c1-8-2-4-9(5-3-8)11-13-7-10(6-12)14-11;/h2-5,7H,6H2,1H3,(H,13,14);1H. The number of rotatable bonds is 2. The van der Waals surface area contributed by atoms with Gasteiger partial charge in [0, 0.05) is 11.8 Å². The number of aromatic nitrogens is 2. The fourth-order valence-electron chi connectivity index (χ4n) is 1.29. The Balaban J connectivity index is 0.00000112. The molecule has 0 saturated carbocycles. The van der Waals surface area contributed by atoms with Crippen LogP contribution in [0.2, 0.25) is 0 Å². The summed E-state index contributed by atoms with van der Waals surface area (Å²) < 4.78 is 0. The van der Waals surface area contributed by atoms with Gasteiger partial charge in [-0.2, -0.15) is 0 Å². The van der Waals surface area contributed by atoms with Crippen LogP contribution in [0.15, 0.2) is 30.5 Å². The minimum Gasteiger partial charge on any atom is -0.344 e. The molecule has 4 heteroatoms. The Kier molecular flexibility index (Phi) is 4.18. The van der Waals surface area contributed by atoms with Crippen LogP contribution in [0.1, 0.15) is 11.3 Å². The van der Waals surface area contributed by atoms with E-state index < -0.39 is 0 Å². The zero-order valence-electron chi connectivity index (χ0n) is 8.33. The first-order valence-corrected chi connectivity index (χ1v) is 5.00. The summed E-state index contributed by atoms with van der Waals surface area (Å²) in [4.78, 5) is 7.44. The average molecular weight is 243 g/mol. The van der Waals surface area contributed by atoms with Crippen molar-refractivity contribution >= 4 is 24.0 Å². The zero-order valence-corrected chi connectivity index (χ0v) is 9.90. The fraction of sp³-hybridized carbons (Fsp3) is 0.182. The number of nitrogens with zero attached hydrogens (tertiary/aromatic N) is 1. The summed E-state index contributed by atoms with van der Waals surface area (Å²) in [6, 6.07) is 8.23. The first-order chi connectivity index (χ1) is 6.79. The smallest absolute Gasteiger partial charge is 0.137 e. The van der Waals surface area contributed by atoms with Crippen molar-refractivity contribution in [2.45, 2.75) is 12.8 Å². The summed E-state index contributed by atoms with van der Waals surface area (Å²) in [6.07, 6.45) is 1.84. The first-order valence-electron chi connectivity index (χ1n) is 4.47. The van der Waals surface area contributed by atoms with E-state index in [0.717, 1.165) is 17.1 Å². The van der Waals surface area contributed by atoms with E-state index in [4.69, 9.17) is 11.6 Å². The highest BCUT2D eigenvalue weighted by Crippen LogP contribution is 2.16. The molecule has 2 rings (SSSR count). The van der Waals surface area contributed by atoms with Crippen LogP contribution in [0.3, 0.4) is 0 Å². The highest BCUT2D eigenvalue weighted by Gasteiger charge is 2.01. The molecule has 1 N–H and O–H groups in total. The van der Waals surface area contributed by atoms with Gasteiger partial charge < -0.3 is 4.98 Å². The monoisotopic (exact) mass is 242 g/mol. The van der Waals surface area contributed by atoms with Crippen LogP contribution < -0.4 is 0 Å². The minimum atomic E-state index is 0. The fourth-order valence-corrected chi connectivity index (χ4v) is 1.42. The number of nitrogens with one attached hydrogen (secondary N) is 1. The van der Waals surface area contributed by atoms with Crippen molar-refractivity contribution in [1.29, 1.82) is 0 Å². The lowest BCUT2D eigenvalue weighted by Crippen LogP contribution is -1.81. The Morgan fingerprint density at radius 3 is 2.47 bits per heavy atom. The van der Waals surface area contributed by atoms with Gasteiger partial charge in [-0.15, -0.1) is 24.0 Å². The van der Waals surface area contributed by atoms with Crippen LogP contribution in [0.25, 0.3) is 11.4 Å². The van der Waals surface area contributed by atoms with E-state index in [-0.39, 0.29) is 12.4 Å². The van der Waals surface area contributed by atoms with Gasteiger partial charge in [0.15, 0.2) is 0 Å². The Hall–Kier alpha value is -0.990. The maximum absolute atomic E-state index is 5.67. The molecule has 0 fully saturated rings. The number of alkyl halides is 1. The van der Waals surface area contributed by atoms with Crippen LogP contribution in [-0.2, 0) is 5.88 Å². The van der Waals surface area contributed by atoms with Crippen LogP contribution in [0, 0.1) is 6.92 Å². The number of hydrogen-bond acceptors (Lipinski definition) is 1. The lowest BCUT2D eigenvalue weighted by Gasteiger charge is -1.96. The third-order valence-corrected chi connectivity index (χ3v) is 2.37. The van der Waals surface area contributed by atoms with Gasteiger partial charge in [0.1, 0.15) is 5.82 Å². The van der Waals surface area contributed by atoms with Crippen LogP contribution in [-0.4, -0.2) is 9.97 Å². The Labute approximate surface area is 100 Å². The highest BCUT2D eigenvalue weighted by molar-refractivity contribution is 6.16. The quantitative estimate of drug-likeness (QED) is 0.803. The molecule has 0 aliphatic heterocycles. The largest absolute Gasteiger partial charge is 0.344 e. The molecule has 1 aromatic carbocycles. The second-order valence-electron chi connectivity index (χ2n) is 3.24. The normalized spacial score (nSPS) is 9.73. The molecule has 0 aliphatic carbocycles. The number of H-pyrrole nitrogens is 1. The van der Waals surface area contributed by atoms with Crippen molar-refractivity contribution in [2.75, 3.05) is 0 Å². The molecule has 1 aromatic heterocycles. The van der Waals surface area contributed by atoms with Crippen molar-refractivity contribution in [3.8, 4) is 11.4 Å². The predicted molar refractivity (Wildman–Crippen MR) is 65.6 cm³/mol. The van der Waals surface area contributed by atoms with Crippen LogP contribution in [0.5, 0.6) is 0 Å². The van der Waals surface area contributed by atoms with E-state index in [2.05, 4.69) is 29.0 Å². The van der Waals surface area contributed by atoms with Crippen molar-refractivity contribution in [3.05, 3.63) is 41.7 Å². The van der Waals surface area contributed by atoms with Crippen molar-refractivity contribution < 1.29 is 0 Å². The van der Waals surface area contributed by atoms with E-state index >= 15 is 0 Å². The van der Waals surface area contributed by atoms with E-state index in [1.54, 1.807) is 0 Å². The number of imidazole rings is 1. The Morgan fingerprint density at radius 2 is 1.93 bits per heavy atom. The van der Waals surface area contributed by atoms with Crippen molar-refractivity contribution in [1.82, 2.24) is 9.97 Å². The van der Waals surface area contributed by atoms with Gasteiger partial charge in [-0.3, -0.25) is 0 Å². The van der Waals surface area contributed by atoms with Gasteiger partial charge in [-0.25, -0.2) is 4.98 Å². The van der Waals surface area contributed by atoms with Crippen LogP contribution >= 0.6 is 24.0 Å². The van der Waals surface area contributed by atoms with Gasteiger partial charge in [0.25, 0.3) is 0 Å². The summed E-state index contributed by atoms with van der Waals surface area (Å²) in [7, 11) is 0. The molecule has 0 aliphatic rings. The molecule has 0 atom stereocenters. The Morgan fingerprint density at radius 1 is 1.27 bits per heavy atom. The number of aryl methyl sites for hydroxylation is 1. The molecule has 0 radical (unpaired) electrons. The minimum absolute atomic E-state index is 0. The molecule has 15 heavy (non-hydrogen) atoms. The molecule has 1 heterocycles.